The van der Waals surface area contributed by atoms with Gasteiger partial charge in [0.2, 0.25) is 11.1 Å². The number of aromatic hydroxyl groups is 1. The Morgan fingerprint density at radius 3 is 2.96 bits per heavy atom. The molecule has 28 heavy (non-hydrogen) atoms. The van der Waals surface area contributed by atoms with E-state index in [4.69, 9.17) is 0 Å². The summed E-state index contributed by atoms with van der Waals surface area (Å²) >= 11 is 1.56. The van der Waals surface area contributed by atoms with E-state index in [2.05, 4.69) is 22.3 Å². The van der Waals surface area contributed by atoms with Crippen molar-refractivity contribution in [3.05, 3.63) is 53.2 Å². The fraction of sp³-hybridized carbons (Fsp3) is 0.286. The molecule has 142 valence electrons. The second kappa shape index (κ2) is 6.67. The smallest absolute Gasteiger partial charge is 0.227 e. The first kappa shape index (κ1) is 17.3. The average molecular weight is 392 g/mol. The molecule has 5 rings (SSSR count). The number of carbonyl (C=O) groups is 1. The lowest BCUT2D eigenvalue weighted by atomic mass is 9.83. The summed E-state index contributed by atoms with van der Waals surface area (Å²) in [5.41, 5.74) is 2.31. The van der Waals surface area contributed by atoms with Crippen molar-refractivity contribution in [3.8, 4) is 5.75 Å². The van der Waals surface area contributed by atoms with Gasteiger partial charge in [-0.3, -0.25) is 4.79 Å². The first-order valence-electron chi connectivity index (χ1n) is 9.50. The van der Waals surface area contributed by atoms with Crippen LogP contribution >= 0.6 is 11.8 Å². The molecule has 0 spiro atoms. The average Bonchev–Trinajstić information content (AvgIpc) is 3.09. The molecule has 0 radical (unpaired) electrons. The van der Waals surface area contributed by atoms with Crippen molar-refractivity contribution < 1.29 is 9.90 Å². The van der Waals surface area contributed by atoms with Crippen molar-refractivity contribution >= 4 is 34.3 Å². The molecule has 0 amide bonds. The highest BCUT2D eigenvalue weighted by Gasteiger charge is 2.38. The van der Waals surface area contributed by atoms with Gasteiger partial charge >= 0.3 is 0 Å². The summed E-state index contributed by atoms with van der Waals surface area (Å²) in [6.45, 7) is 2.05. The molecule has 1 atom stereocenters. The molecule has 0 saturated carbocycles. The molecular formula is C21H20N4O2S. The van der Waals surface area contributed by atoms with Gasteiger partial charge in [-0.1, -0.05) is 49.0 Å². The summed E-state index contributed by atoms with van der Waals surface area (Å²) < 4.78 is 1.77. The summed E-state index contributed by atoms with van der Waals surface area (Å²) in [7, 11) is 0. The molecular weight excluding hydrogens is 372 g/mol. The molecule has 7 heteroatoms. The lowest BCUT2D eigenvalue weighted by Crippen LogP contribution is -2.31. The largest absolute Gasteiger partial charge is 0.508 e. The van der Waals surface area contributed by atoms with Gasteiger partial charge in [-0.2, -0.15) is 4.98 Å². The van der Waals surface area contributed by atoms with Crippen LogP contribution in [0, 0.1) is 0 Å². The van der Waals surface area contributed by atoms with E-state index in [-0.39, 0.29) is 11.5 Å². The predicted octanol–water partition coefficient (Wildman–Crippen LogP) is 4.27. The van der Waals surface area contributed by atoms with Gasteiger partial charge in [0.25, 0.3) is 0 Å². The SMILES string of the molecule is CCSc1nc2n(n1)C(c1c(O)ccc3ccccc13)C1=C(CCCC1=O)N2. The first-order valence-corrected chi connectivity index (χ1v) is 10.5. The molecule has 1 aliphatic heterocycles. The third-order valence-corrected chi connectivity index (χ3v) is 6.06. The number of nitrogens with one attached hydrogen (secondary N) is 1. The van der Waals surface area contributed by atoms with Crippen molar-refractivity contribution in [1.29, 1.82) is 0 Å². The van der Waals surface area contributed by atoms with Gasteiger partial charge in [-0.25, -0.2) is 4.68 Å². The van der Waals surface area contributed by atoms with Crippen molar-refractivity contribution in [3.63, 3.8) is 0 Å². The minimum atomic E-state index is -0.483. The Bertz CT molecular complexity index is 1130. The Balaban J connectivity index is 1.80. The van der Waals surface area contributed by atoms with Crippen LogP contribution in [0.4, 0.5) is 5.95 Å². The van der Waals surface area contributed by atoms with Gasteiger partial charge in [0.1, 0.15) is 11.8 Å². The van der Waals surface area contributed by atoms with E-state index < -0.39 is 6.04 Å². The van der Waals surface area contributed by atoms with E-state index >= 15 is 0 Å². The van der Waals surface area contributed by atoms with Crippen molar-refractivity contribution in [2.45, 2.75) is 37.4 Å². The van der Waals surface area contributed by atoms with Crippen LogP contribution in [-0.4, -0.2) is 31.4 Å². The molecule has 0 bridgehead atoms. The first-order chi connectivity index (χ1) is 13.7. The Kier molecular flexibility index (Phi) is 4.12. The number of phenolic OH excluding ortho intramolecular Hbond substituents is 1. The van der Waals surface area contributed by atoms with E-state index in [1.165, 1.54) is 0 Å². The maximum Gasteiger partial charge on any atom is 0.227 e. The van der Waals surface area contributed by atoms with Gasteiger partial charge in [0, 0.05) is 23.3 Å². The maximum absolute atomic E-state index is 13.0. The van der Waals surface area contributed by atoms with E-state index in [1.54, 1.807) is 22.5 Å². The number of benzene rings is 2. The molecule has 2 aliphatic rings. The minimum Gasteiger partial charge on any atom is -0.508 e. The highest BCUT2D eigenvalue weighted by molar-refractivity contribution is 7.99. The third-order valence-electron chi connectivity index (χ3n) is 5.34. The summed E-state index contributed by atoms with van der Waals surface area (Å²) in [5.74, 6) is 1.76. The maximum atomic E-state index is 13.0. The third kappa shape index (κ3) is 2.61. The van der Waals surface area contributed by atoms with E-state index in [0.29, 0.717) is 28.7 Å². The number of hydrogen-bond donors (Lipinski definition) is 2. The molecule has 1 aromatic heterocycles. The summed E-state index contributed by atoms with van der Waals surface area (Å²) in [4.78, 5) is 17.6. The van der Waals surface area contributed by atoms with Crippen molar-refractivity contribution in [1.82, 2.24) is 14.8 Å². The highest BCUT2D eigenvalue weighted by Crippen LogP contribution is 2.45. The number of phenols is 1. The number of anilines is 1. The number of thioether (sulfide) groups is 1. The quantitative estimate of drug-likeness (QED) is 0.648. The van der Waals surface area contributed by atoms with Crippen LogP contribution in [0.3, 0.4) is 0 Å². The molecule has 6 nitrogen and oxygen atoms in total. The summed E-state index contributed by atoms with van der Waals surface area (Å²) in [5, 5.41) is 21.5. The number of aromatic nitrogens is 3. The molecule has 1 unspecified atom stereocenters. The molecule has 3 aromatic rings. The van der Waals surface area contributed by atoms with E-state index in [0.717, 1.165) is 35.1 Å². The summed E-state index contributed by atoms with van der Waals surface area (Å²) in [6.07, 6.45) is 2.14. The van der Waals surface area contributed by atoms with Crippen LogP contribution in [0.15, 0.2) is 52.8 Å². The molecule has 2 heterocycles. The normalized spacial score (nSPS) is 18.8. The number of carbonyl (C=O) groups excluding carboxylic acids is 1. The predicted molar refractivity (Wildman–Crippen MR) is 110 cm³/mol. The Hall–Kier alpha value is -2.80. The number of hydrogen-bond acceptors (Lipinski definition) is 6. The van der Waals surface area contributed by atoms with Crippen LogP contribution in [0.2, 0.25) is 0 Å². The molecule has 2 N–H and O–H groups in total. The number of nitrogens with zero attached hydrogens (tertiary/aromatic N) is 3. The van der Waals surface area contributed by atoms with E-state index in [1.807, 2.05) is 30.3 Å². The highest BCUT2D eigenvalue weighted by atomic mass is 32.2. The molecule has 2 aromatic carbocycles. The van der Waals surface area contributed by atoms with E-state index in [9.17, 15) is 9.90 Å². The molecule has 1 aliphatic carbocycles. The van der Waals surface area contributed by atoms with Crippen LogP contribution < -0.4 is 5.32 Å². The zero-order chi connectivity index (χ0) is 19.3. The lowest BCUT2D eigenvalue weighted by molar-refractivity contribution is -0.116. The van der Waals surface area contributed by atoms with Crippen molar-refractivity contribution in [2.24, 2.45) is 0 Å². The van der Waals surface area contributed by atoms with Gasteiger partial charge in [-0.15, -0.1) is 5.10 Å². The number of ketones is 1. The molecule has 0 fully saturated rings. The van der Waals surface area contributed by atoms with Crippen LogP contribution in [0.25, 0.3) is 10.8 Å². The second-order valence-electron chi connectivity index (χ2n) is 7.01. The van der Waals surface area contributed by atoms with Gasteiger partial charge in [0.15, 0.2) is 5.78 Å². The monoisotopic (exact) mass is 392 g/mol. The number of rotatable bonds is 3. The Labute approximate surface area is 166 Å². The lowest BCUT2D eigenvalue weighted by Gasteiger charge is -2.33. The zero-order valence-electron chi connectivity index (χ0n) is 15.5. The van der Waals surface area contributed by atoms with Gasteiger partial charge < -0.3 is 10.4 Å². The second-order valence-corrected chi connectivity index (χ2v) is 8.24. The Morgan fingerprint density at radius 2 is 2.11 bits per heavy atom. The van der Waals surface area contributed by atoms with Crippen LogP contribution in [0.5, 0.6) is 5.75 Å². The fourth-order valence-electron chi connectivity index (χ4n) is 4.17. The standard InChI is InChI=1S/C21H20N4O2S/c1-2-28-21-23-20-22-14-8-5-9-15(26)18(14)19(25(20)24-21)17-13-7-4-3-6-12(13)10-11-16(17)27/h3-4,6-7,10-11,19,27H,2,5,8-9H2,1H3,(H,22,23,24). The summed E-state index contributed by atoms with van der Waals surface area (Å²) in [6, 6.07) is 11.0. The minimum absolute atomic E-state index is 0.108. The van der Waals surface area contributed by atoms with Crippen LogP contribution in [-0.2, 0) is 4.79 Å². The van der Waals surface area contributed by atoms with Gasteiger partial charge in [-0.05, 0) is 35.4 Å². The molecule has 0 saturated heterocycles. The Morgan fingerprint density at radius 1 is 1.25 bits per heavy atom. The number of allylic oxidation sites excluding steroid dienone is 2. The fourth-order valence-corrected chi connectivity index (χ4v) is 4.72. The van der Waals surface area contributed by atoms with Gasteiger partial charge in [0.05, 0.1) is 0 Å². The number of Topliss-reactive ketones (excluding diaryl/α,β-unsaturated/α-hetero) is 1. The number of fused-ring (bicyclic) bond motifs is 2. The topological polar surface area (TPSA) is 80.0 Å². The van der Waals surface area contributed by atoms with Crippen LogP contribution in [0.1, 0.15) is 37.8 Å². The van der Waals surface area contributed by atoms with Crippen molar-refractivity contribution in [2.75, 3.05) is 11.1 Å². The zero-order valence-corrected chi connectivity index (χ0v) is 16.3.